The van der Waals surface area contributed by atoms with E-state index in [1.165, 1.54) is 79.9 Å². The molecule has 1 saturated heterocycles. The van der Waals surface area contributed by atoms with Crippen LogP contribution < -0.4 is 0 Å². The Morgan fingerprint density at radius 2 is 1.33 bits per heavy atom. The van der Waals surface area contributed by atoms with Crippen molar-refractivity contribution in [3.8, 4) is 5.75 Å². The zero-order valence-electron chi connectivity index (χ0n) is 25.1. The molecule has 0 amide bonds. The number of ketones is 1. The second-order valence-corrected chi connectivity index (χ2v) is 11.1. The molecule has 0 spiro atoms. The average Bonchev–Trinajstić information content (AvgIpc) is 3.55. The van der Waals surface area contributed by atoms with Crippen molar-refractivity contribution in [3.63, 3.8) is 0 Å². The van der Waals surface area contributed by atoms with E-state index in [1.54, 1.807) is 12.1 Å². The Labute approximate surface area is 263 Å². The van der Waals surface area contributed by atoms with Gasteiger partial charge in [-0.1, -0.05) is 90.4 Å². The fourth-order valence-electron chi connectivity index (χ4n) is 5.53. The Balaban J connectivity index is 0.000000194. The summed E-state index contributed by atoms with van der Waals surface area (Å²) >= 11 is 0. The lowest BCUT2D eigenvalue weighted by molar-refractivity contribution is 0.0692. The van der Waals surface area contributed by atoms with Crippen LogP contribution in [-0.2, 0) is 12.8 Å². The zero-order valence-corrected chi connectivity index (χ0v) is 25.1. The van der Waals surface area contributed by atoms with Crippen molar-refractivity contribution < 1.29 is 24.3 Å². The fraction of sp³-hybridized carbons (Fsp3) is 0.243. The zero-order chi connectivity index (χ0) is 31.4. The van der Waals surface area contributed by atoms with Crippen LogP contribution in [0.25, 0.3) is 0 Å². The van der Waals surface area contributed by atoms with Crippen molar-refractivity contribution in [2.75, 3.05) is 19.6 Å². The smallest absolute Gasteiger partial charge is 0.336 e. The quantitative estimate of drug-likeness (QED) is 0.168. The number of carbonyl (C=O) groups excluding carboxylic acids is 1. The van der Waals surface area contributed by atoms with Gasteiger partial charge in [0.15, 0.2) is 11.6 Å². The highest BCUT2D eigenvalue weighted by Crippen LogP contribution is 2.27. The number of nitrogens with zero attached hydrogens (tertiary/aromatic N) is 3. The Morgan fingerprint density at radius 3 is 1.93 bits per heavy atom. The summed E-state index contributed by atoms with van der Waals surface area (Å²) in [5.41, 5.74) is 3.00. The molecule has 8 nitrogen and oxygen atoms in total. The molecule has 4 aromatic carbocycles. The number of hydrogen-bond acceptors (Lipinski definition) is 7. The van der Waals surface area contributed by atoms with Gasteiger partial charge in [0.1, 0.15) is 5.75 Å². The molecule has 1 aliphatic heterocycles. The van der Waals surface area contributed by atoms with Gasteiger partial charge < -0.3 is 19.6 Å². The van der Waals surface area contributed by atoms with Crippen LogP contribution in [0, 0.1) is 0 Å². The van der Waals surface area contributed by atoms with Crippen LogP contribution in [0.5, 0.6) is 5.75 Å². The van der Waals surface area contributed by atoms with E-state index in [-0.39, 0.29) is 28.6 Å². The minimum absolute atomic E-state index is 0.0319. The van der Waals surface area contributed by atoms with E-state index in [9.17, 15) is 9.59 Å². The van der Waals surface area contributed by atoms with E-state index in [2.05, 4.69) is 75.7 Å². The van der Waals surface area contributed by atoms with Gasteiger partial charge >= 0.3 is 5.97 Å². The third-order valence-corrected chi connectivity index (χ3v) is 7.92. The van der Waals surface area contributed by atoms with Gasteiger partial charge in [-0.3, -0.25) is 4.79 Å². The van der Waals surface area contributed by atoms with Gasteiger partial charge in [-0.05, 0) is 67.4 Å². The third kappa shape index (κ3) is 8.74. The van der Waals surface area contributed by atoms with Crippen molar-refractivity contribution >= 4 is 11.8 Å². The number of aromatic hydroxyl groups is 1. The summed E-state index contributed by atoms with van der Waals surface area (Å²) in [4.78, 5) is 30.3. The maximum absolute atomic E-state index is 12.1. The predicted octanol–water partition coefficient (Wildman–Crippen LogP) is 6.79. The molecule has 1 aliphatic rings. The molecule has 2 heterocycles. The molecule has 45 heavy (non-hydrogen) atoms. The Morgan fingerprint density at radius 1 is 0.756 bits per heavy atom. The highest BCUT2D eigenvalue weighted by Gasteiger charge is 2.19. The van der Waals surface area contributed by atoms with Gasteiger partial charge in [-0.15, -0.1) is 0 Å². The molecule has 8 heteroatoms. The van der Waals surface area contributed by atoms with Gasteiger partial charge in [-0.2, -0.15) is 4.98 Å². The average molecular weight is 604 g/mol. The van der Waals surface area contributed by atoms with Gasteiger partial charge in [0.25, 0.3) is 0 Å². The molecular weight excluding hydrogens is 566 g/mol. The van der Waals surface area contributed by atoms with E-state index in [0.29, 0.717) is 5.56 Å². The minimum Gasteiger partial charge on any atom is -0.508 e. The summed E-state index contributed by atoms with van der Waals surface area (Å²) in [5.74, 6) is 0.320. The van der Waals surface area contributed by atoms with Crippen molar-refractivity contribution in [2.45, 2.75) is 38.0 Å². The first-order valence-electron chi connectivity index (χ1n) is 15.3. The second-order valence-electron chi connectivity index (χ2n) is 11.1. The third-order valence-electron chi connectivity index (χ3n) is 7.92. The molecule has 6 rings (SSSR count). The van der Waals surface area contributed by atoms with E-state index in [0.717, 1.165) is 31.1 Å². The molecule has 0 radical (unpaired) electrons. The van der Waals surface area contributed by atoms with Crippen LogP contribution in [0.4, 0.5) is 0 Å². The number of phenols is 1. The number of rotatable bonds is 10. The maximum Gasteiger partial charge on any atom is 0.336 e. The summed E-state index contributed by atoms with van der Waals surface area (Å²) < 4.78 is 5.54. The van der Waals surface area contributed by atoms with Crippen LogP contribution in [0.15, 0.2) is 114 Å². The molecule has 0 bridgehead atoms. The van der Waals surface area contributed by atoms with Crippen molar-refractivity contribution in [3.05, 3.63) is 149 Å². The van der Waals surface area contributed by atoms with Crippen LogP contribution in [0.2, 0.25) is 0 Å². The SMILES string of the molecule is O=C(O)c1ccccc1C(=O)c1ccc(O)cc1.c1ccc(C(Cc2noc(CCN3CCCCC3)n2)c2ccccc2)cc1. The summed E-state index contributed by atoms with van der Waals surface area (Å²) in [6.07, 6.45) is 5.58. The van der Waals surface area contributed by atoms with Crippen LogP contribution >= 0.6 is 0 Å². The number of aromatic nitrogens is 2. The van der Waals surface area contributed by atoms with Crippen LogP contribution in [0.1, 0.15) is 74.3 Å². The molecule has 1 aromatic heterocycles. The van der Waals surface area contributed by atoms with Gasteiger partial charge in [-0.25, -0.2) is 4.79 Å². The van der Waals surface area contributed by atoms with Crippen molar-refractivity contribution in [1.29, 1.82) is 0 Å². The topological polar surface area (TPSA) is 117 Å². The van der Waals surface area contributed by atoms with Crippen LogP contribution in [-0.4, -0.2) is 56.6 Å². The first-order valence-corrected chi connectivity index (χ1v) is 15.3. The molecule has 0 atom stereocenters. The molecule has 230 valence electrons. The fourth-order valence-corrected chi connectivity index (χ4v) is 5.53. The largest absolute Gasteiger partial charge is 0.508 e. The number of aromatic carboxylic acids is 1. The van der Waals surface area contributed by atoms with Gasteiger partial charge in [0.2, 0.25) is 5.89 Å². The summed E-state index contributed by atoms with van der Waals surface area (Å²) in [7, 11) is 0. The molecule has 5 aromatic rings. The highest BCUT2D eigenvalue weighted by atomic mass is 16.5. The Hall–Kier alpha value is -5.08. The number of benzene rings is 4. The molecular formula is C37H37N3O5. The maximum atomic E-state index is 12.1. The first-order chi connectivity index (χ1) is 22.0. The number of carboxylic acid groups (broad SMARTS) is 1. The number of carboxylic acids is 1. The summed E-state index contributed by atoms with van der Waals surface area (Å²) in [6, 6.07) is 32.9. The standard InChI is InChI=1S/C23H27N3O.C14H10O4/c1-4-10-19(11-5-1)21(20-12-6-2-7-13-20)18-22-24-23(27-25-22)14-17-26-15-8-3-9-16-26;15-10-7-5-9(6-8-10)13(16)11-3-1-2-4-12(11)14(17)18/h1-2,4-7,10-13,21H,3,8-9,14-18H2;1-8,15H,(H,17,18). The monoisotopic (exact) mass is 603 g/mol. The summed E-state index contributed by atoms with van der Waals surface area (Å²) in [6.45, 7) is 3.42. The molecule has 1 fully saturated rings. The first kappa shape index (κ1) is 31.3. The van der Waals surface area contributed by atoms with E-state index in [4.69, 9.17) is 14.7 Å². The second kappa shape index (κ2) is 15.6. The lowest BCUT2D eigenvalue weighted by atomic mass is 9.88. The number of likely N-dealkylation sites (tertiary alicyclic amines) is 1. The molecule has 2 N–H and O–H groups in total. The normalized spacial score (nSPS) is 13.2. The minimum atomic E-state index is -1.14. The van der Waals surface area contributed by atoms with E-state index in [1.807, 2.05) is 0 Å². The van der Waals surface area contributed by atoms with Crippen molar-refractivity contribution in [1.82, 2.24) is 15.0 Å². The number of hydrogen-bond donors (Lipinski definition) is 2. The predicted molar refractivity (Wildman–Crippen MR) is 172 cm³/mol. The summed E-state index contributed by atoms with van der Waals surface area (Å²) in [5, 5.41) is 22.4. The lowest BCUT2D eigenvalue weighted by Crippen LogP contribution is -2.31. The van der Waals surface area contributed by atoms with E-state index >= 15 is 0 Å². The number of phenolic OH excluding ortho intramolecular Hbond substituents is 1. The Bertz CT molecular complexity index is 1620. The number of carbonyl (C=O) groups is 2. The van der Waals surface area contributed by atoms with Crippen molar-refractivity contribution in [2.24, 2.45) is 0 Å². The lowest BCUT2D eigenvalue weighted by Gasteiger charge is -2.25. The molecule has 0 saturated carbocycles. The van der Waals surface area contributed by atoms with Gasteiger partial charge in [0, 0.05) is 36.4 Å². The molecule has 0 aliphatic carbocycles. The van der Waals surface area contributed by atoms with Gasteiger partial charge in [0.05, 0.1) is 5.56 Å². The van der Waals surface area contributed by atoms with Crippen LogP contribution in [0.3, 0.4) is 0 Å². The Kier molecular flexibility index (Phi) is 10.9. The van der Waals surface area contributed by atoms with E-state index < -0.39 is 5.97 Å². The number of piperidine rings is 1. The molecule has 0 unspecified atom stereocenters. The highest BCUT2D eigenvalue weighted by molar-refractivity contribution is 6.14.